The number of fused-ring (bicyclic) bond motifs is 1. The van der Waals surface area contributed by atoms with Crippen LogP contribution in [0.1, 0.15) is 37.4 Å². The molecule has 1 aromatic carbocycles. The van der Waals surface area contributed by atoms with Crippen molar-refractivity contribution in [1.29, 1.82) is 0 Å². The van der Waals surface area contributed by atoms with E-state index in [-0.39, 0.29) is 17.2 Å². The number of sulfonamides is 1. The lowest BCUT2D eigenvalue weighted by atomic mass is 10.0. The number of aromatic nitrogens is 3. The predicted octanol–water partition coefficient (Wildman–Crippen LogP) is 2.98. The van der Waals surface area contributed by atoms with Crippen LogP contribution in [0.5, 0.6) is 0 Å². The van der Waals surface area contributed by atoms with Gasteiger partial charge in [-0.15, -0.1) is 0 Å². The van der Waals surface area contributed by atoms with Gasteiger partial charge in [0.1, 0.15) is 17.4 Å². The summed E-state index contributed by atoms with van der Waals surface area (Å²) >= 11 is 0. The number of imidazole rings is 1. The van der Waals surface area contributed by atoms with Gasteiger partial charge in [-0.05, 0) is 43.0 Å². The SMILES string of the molecule is Cc1nc2c(Cc3ccc(S(=O)(=O)N(C)[C@@H](CC(C)C)C(=O)O)cc3)nccc2[nH]1. The van der Waals surface area contributed by atoms with Crippen molar-refractivity contribution < 1.29 is 18.3 Å². The Kier molecular flexibility index (Phi) is 6.23. The average molecular weight is 431 g/mol. The van der Waals surface area contributed by atoms with Crippen LogP contribution in [0.4, 0.5) is 0 Å². The third-order valence-corrected chi connectivity index (χ3v) is 6.87. The number of benzene rings is 1. The number of carboxylic acids is 1. The molecule has 2 aromatic heterocycles. The first-order chi connectivity index (χ1) is 14.1. The predicted molar refractivity (Wildman–Crippen MR) is 114 cm³/mol. The quantitative estimate of drug-likeness (QED) is 0.567. The molecule has 160 valence electrons. The number of aryl methyl sites for hydroxylation is 1. The van der Waals surface area contributed by atoms with Crippen LogP contribution in [-0.4, -0.2) is 51.8 Å². The van der Waals surface area contributed by atoms with Gasteiger partial charge in [-0.2, -0.15) is 4.31 Å². The number of carboxylic acid groups (broad SMARTS) is 1. The molecule has 0 saturated carbocycles. The summed E-state index contributed by atoms with van der Waals surface area (Å²) in [4.78, 5) is 23.7. The van der Waals surface area contributed by atoms with E-state index in [9.17, 15) is 18.3 Å². The van der Waals surface area contributed by atoms with E-state index in [1.165, 1.54) is 19.2 Å². The maximum absolute atomic E-state index is 12.9. The molecule has 30 heavy (non-hydrogen) atoms. The minimum atomic E-state index is -3.93. The number of aromatic amines is 1. The smallest absolute Gasteiger partial charge is 0.322 e. The molecule has 0 unspecified atom stereocenters. The highest BCUT2D eigenvalue weighted by atomic mass is 32.2. The number of hydrogen-bond acceptors (Lipinski definition) is 5. The Morgan fingerprint density at radius 1 is 1.20 bits per heavy atom. The highest BCUT2D eigenvalue weighted by Gasteiger charge is 2.33. The van der Waals surface area contributed by atoms with Crippen molar-refractivity contribution in [3.63, 3.8) is 0 Å². The summed E-state index contributed by atoms with van der Waals surface area (Å²) in [5, 5.41) is 9.48. The van der Waals surface area contributed by atoms with Gasteiger partial charge < -0.3 is 10.1 Å². The molecule has 0 fully saturated rings. The van der Waals surface area contributed by atoms with Crippen molar-refractivity contribution in [1.82, 2.24) is 19.3 Å². The molecule has 0 aliphatic rings. The molecule has 0 aliphatic carbocycles. The van der Waals surface area contributed by atoms with Gasteiger partial charge in [-0.1, -0.05) is 26.0 Å². The maximum Gasteiger partial charge on any atom is 0.322 e. The van der Waals surface area contributed by atoms with E-state index in [0.29, 0.717) is 6.42 Å². The number of carbonyl (C=O) groups is 1. The van der Waals surface area contributed by atoms with Crippen LogP contribution >= 0.6 is 0 Å². The average Bonchev–Trinajstić information content (AvgIpc) is 3.07. The number of nitrogens with zero attached hydrogens (tertiary/aromatic N) is 3. The van der Waals surface area contributed by atoms with Crippen molar-refractivity contribution >= 4 is 27.0 Å². The van der Waals surface area contributed by atoms with E-state index in [1.807, 2.05) is 26.8 Å². The van der Waals surface area contributed by atoms with Crippen molar-refractivity contribution in [2.45, 2.75) is 44.6 Å². The van der Waals surface area contributed by atoms with Crippen molar-refractivity contribution in [3.8, 4) is 0 Å². The molecule has 0 aliphatic heterocycles. The minimum Gasteiger partial charge on any atom is -0.480 e. The molecule has 0 bridgehead atoms. The highest BCUT2D eigenvalue weighted by Crippen LogP contribution is 2.23. The van der Waals surface area contributed by atoms with E-state index < -0.39 is 22.0 Å². The monoisotopic (exact) mass is 430 g/mol. The van der Waals surface area contributed by atoms with Crippen LogP contribution in [0.2, 0.25) is 0 Å². The fraction of sp³-hybridized carbons (Fsp3) is 0.381. The first-order valence-corrected chi connectivity index (χ1v) is 11.1. The van der Waals surface area contributed by atoms with Crippen molar-refractivity contribution in [2.75, 3.05) is 7.05 Å². The van der Waals surface area contributed by atoms with Crippen LogP contribution in [0.15, 0.2) is 41.4 Å². The molecular formula is C21H26N4O4S. The van der Waals surface area contributed by atoms with E-state index in [2.05, 4.69) is 15.0 Å². The lowest BCUT2D eigenvalue weighted by Gasteiger charge is -2.25. The topological polar surface area (TPSA) is 116 Å². The second-order valence-electron chi connectivity index (χ2n) is 7.80. The molecule has 2 N–H and O–H groups in total. The zero-order valence-electron chi connectivity index (χ0n) is 17.5. The Balaban J connectivity index is 1.84. The maximum atomic E-state index is 12.9. The molecule has 2 heterocycles. The van der Waals surface area contributed by atoms with E-state index in [4.69, 9.17) is 0 Å². The Morgan fingerprint density at radius 3 is 2.47 bits per heavy atom. The number of aliphatic carboxylic acids is 1. The second kappa shape index (κ2) is 8.53. The largest absolute Gasteiger partial charge is 0.480 e. The molecule has 9 heteroatoms. The number of rotatable bonds is 8. The highest BCUT2D eigenvalue weighted by molar-refractivity contribution is 7.89. The van der Waals surface area contributed by atoms with Gasteiger partial charge in [0, 0.05) is 19.7 Å². The van der Waals surface area contributed by atoms with Gasteiger partial charge in [0.2, 0.25) is 10.0 Å². The molecule has 0 spiro atoms. The fourth-order valence-corrected chi connectivity index (χ4v) is 4.72. The molecular weight excluding hydrogens is 404 g/mol. The summed E-state index contributed by atoms with van der Waals surface area (Å²) in [6.45, 7) is 5.60. The van der Waals surface area contributed by atoms with Gasteiger partial charge in [0.05, 0.1) is 16.1 Å². The first kappa shape index (κ1) is 21.9. The van der Waals surface area contributed by atoms with Crippen molar-refractivity contribution in [2.24, 2.45) is 5.92 Å². The Morgan fingerprint density at radius 2 is 1.87 bits per heavy atom. The molecule has 0 radical (unpaired) electrons. The lowest BCUT2D eigenvalue weighted by molar-refractivity contribution is -0.141. The number of H-pyrrole nitrogens is 1. The van der Waals surface area contributed by atoms with Gasteiger partial charge in [0.15, 0.2) is 0 Å². The van der Waals surface area contributed by atoms with Crippen molar-refractivity contribution in [3.05, 3.63) is 53.6 Å². The zero-order chi connectivity index (χ0) is 22.1. The molecule has 8 nitrogen and oxygen atoms in total. The summed E-state index contributed by atoms with van der Waals surface area (Å²) in [6.07, 6.45) is 2.45. The summed E-state index contributed by atoms with van der Waals surface area (Å²) in [7, 11) is -2.62. The normalized spacial score (nSPS) is 13.3. The first-order valence-electron chi connectivity index (χ1n) is 9.69. The van der Waals surface area contributed by atoms with Crippen LogP contribution in [0.3, 0.4) is 0 Å². The summed E-state index contributed by atoms with van der Waals surface area (Å²) in [5.41, 5.74) is 3.38. The molecule has 1 atom stereocenters. The van der Waals surface area contributed by atoms with E-state index >= 15 is 0 Å². The summed E-state index contributed by atoms with van der Waals surface area (Å²) in [6, 6.07) is 7.20. The van der Waals surface area contributed by atoms with Crippen LogP contribution in [-0.2, 0) is 21.2 Å². The summed E-state index contributed by atoms with van der Waals surface area (Å²) in [5.74, 6) is -0.301. The molecule has 0 saturated heterocycles. The lowest BCUT2D eigenvalue weighted by Crippen LogP contribution is -2.43. The minimum absolute atomic E-state index is 0.0482. The third kappa shape index (κ3) is 4.52. The van der Waals surface area contributed by atoms with E-state index in [1.54, 1.807) is 18.3 Å². The Labute approximate surface area is 176 Å². The molecule has 0 amide bonds. The number of hydrogen-bond donors (Lipinski definition) is 2. The molecule has 3 rings (SSSR count). The third-order valence-electron chi connectivity index (χ3n) is 4.99. The van der Waals surface area contributed by atoms with Crippen LogP contribution < -0.4 is 0 Å². The number of pyridine rings is 1. The van der Waals surface area contributed by atoms with Gasteiger partial charge in [-0.3, -0.25) is 9.78 Å². The molecule has 3 aromatic rings. The van der Waals surface area contributed by atoms with E-state index in [0.717, 1.165) is 32.4 Å². The van der Waals surface area contributed by atoms with Gasteiger partial charge in [-0.25, -0.2) is 13.4 Å². The standard InChI is InChI=1S/C21H26N4O4S/c1-13(2)11-19(21(26)27)25(4)30(28,29)16-7-5-15(6-8-16)12-18-20-17(9-10-22-18)23-14(3)24-20/h5-10,13,19H,11-12H2,1-4H3,(H,23,24)(H,26,27)/t19-/m0/s1. The second-order valence-corrected chi connectivity index (χ2v) is 9.80. The Hall–Kier alpha value is -2.78. The summed E-state index contributed by atoms with van der Waals surface area (Å²) < 4.78 is 26.8. The zero-order valence-corrected chi connectivity index (χ0v) is 18.3. The van der Waals surface area contributed by atoms with Crippen LogP contribution in [0.25, 0.3) is 11.0 Å². The van der Waals surface area contributed by atoms with Crippen LogP contribution in [0, 0.1) is 12.8 Å². The number of nitrogens with one attached hydrogen (secondary N) is 1. The van der Waals surface area contributed by atoms with Gasteiger partial charge >= 0.3 is 5.97 Å². The van der Waals surface area contributed by atoms with Gasteiger partial charge in [0.25, 0.3) is 0 Å². The fourth-order valence-electron chi connectivity index (χ4n) is 3.40. The Bertz CT molecular complexity index is 1150. The number of likely N-dealkylation sites (N-methyl/N-ethyl adjacent to an activating group) is 1.